The van der Waals surface area contributed by atoms with Crippen molar-refractivity contribution in [1.29, 1.82) is 0 Å². The van der Waals surface area contributed by atoms with Crippen LogP contribution in [0.2, 0.25) is 0 Å². The van der Waals surface area contributed by atoms with Crippen molar-refractivity contribution in [2.24, 2.45) is 5.73 Å². The highest BCUT2D eigenvalue weighted by Crippen LogP contribution is 2.10. The number of rotatable bonds is 4. The summed E-state index contributed by atoms with van der Waals surface area (Å²) in [4.78, 5) is 13.6. The molecule has 1 unspecified atom stereocenters. The second-order valence-corrected chi connectivity index (χ2v) is 4.11. The van der Waals surface area contributed by atoms with Gasteiger partial charge < -0.3 is 15.2 Å². The van der Waals surface area contributed by atoms with E-state index in [0.29, 0.717) is 6.42 Å². The number of morpholine rings is 1. The van der Waals surface area contributed by atoms with Gasteiger partial charge in [0.15, 0.2) is 0 Å². The van der Waals surface area contributed by atoms with Crippen LogP contribution in [0.1, 0.15) is 13.3 Å². The van der Waals surface area contributed by atoms with E-state index >= 15 is 0 Å². The average molecular weight is 216 g/mol. The summed E-state index contributed by atoms with van der Waals surface area (Å²) in [5, 5.41) is 0. The van der Waals surface area contributed by atoms with Crippen LogP contribution < -0.4 is 5.73 Å². The number of nitrogens with two attached hydrogens (primary N) is 1. The molecule has 1 atom stereocenters. The Kier molecular flexibility index (Phi) is 4.50. The van der Waals surface area contributed by atoms with Gasteiger partial charge >= 0.3 is 5.97 Å². The third kappa shape index (κ3) is 3.77. The highest BCUT2D eigenvalue weighted by molar-refractivity contribution is 5.79. The molecule has 0 amide bonds. The van der Waals surface area contributed by atoms with E-state index in [4.69, 9.17) is 10.5 Å². The maximum Gasteiger partial charge on any atom is 0.325 e. The molecule has 0 spiro atoms. The molecule has 1 aliphatic heterocycles. The van der Waals surface area contributed by atoms with Gasteiger partial charge in [-0.05, 0) is 13.3 Å². The first-order chi connectivity index (χ1) is 7.06. The Morgan fingerprint density at radius 2 is 2.13 bits per heavy atom. The fourth-order valence-corrected chi connectivity index (χ4v) is 1.55. The number of methoxy groups -OCH3 is 1. The van der Waals surface area contributed by atoms with Crippen LogP contribution in [0.3, 0.4) is 0 Å². The lowest BCUT2D eigenvalue weighted by molar-refractivity contribution is -0.146. The highest BCUT2D eigenvalue weighted by atomic mass is 16.5. The first kappa shape index (κ1) is 12.4. The lowest BCUT2D eigenvalue weighted by Gasteiger charge is -2.29. The third-order valence-electron chi connectivity index (χ3n) is 2.70. The number of hydrogen-bond acceptors (Lipinski definition) is 5. The number of nitrogens with zero attached hydrogens (tertiary/aromatic N) is 1. The molecule has 5 heteroatoms. The van der Waals surface area contributed by atoms with Gasteiger partial charge in [-0.2, -0.15) is 0 Å². The Labute approximate surface area is 90.5 Å². The Balaban J connectivity index is 2.31. The number of esters is 1. The summed E-state index contributed by atoms with van der Waals surface area (Å²) in [6.07, 6.45) is 0.611. The fourth-order valence-electron chi connectivity index (χ4n) is 1.55. The van der Waals surface area contributed by atoms with Gasteiger partial charge in [0.1, 0.15) is 5.54 Å². The molecule has 0 aromatic rings. The zero-order chi connectivity index (χ0) is 11.3. The molecular weight excluding hydrogens is 196 g/mol. The first-order valence-corrected chi connectivity index (χ1v) is 5.23. The van der Waals surface area contributed by atoms with Crippen molar-refractivity contribution in [1.82, 2.24) is 4.90 Å². The lowest BCUT2D eigenvalue weighted by atomic mass is 9.99. The number of carbonyl (C=O) groups is 1. The average Bonchev–Trinajstić information content (AvgIpc) is 2.27. The monoisotopic (exact) mass is 216 g/mol. The Morgan fingerprint density at radius 3 is 2.67 bits per heavy atom. The van der Waals surface area contributed by atoms with E-state index in [-0.39, 0.29) is 5.97 Å². The van der Waals surface area contributed by atoms with Crippen LogP contribution in [0.25, 0.3) is 0 Å². The highest BCUT2D eigenvalue weighted by Gasteiger charge is 2.29. The van der Waals surface area contributed by atoms with Crippen LogP contribution in [0.4, 0.5) is 0 Å². The molecule has 1 rings (SSSR count). The molecule has 2 N–H and O–H groups in total. The molecule has 0 radical (unpaired) electrons. The standard InChI is InChI=1S/C10H20N2O3/c1-10(11,9(13)14-2)3-4-12-5-7-15-8-6-12/h3-8,11H2,1-2H3. The van der Waals surface area contributed by atoms with Crippen molar-refractivity contribution in [3.63, 3.8) is 0 Å². The molecule has 1 aliphatic rings. The molecule has 5 nitrogen and oxygen atoms in total. The fraction of sp³-hybridized carbons (Fsp3) is 0.900. The van der Waals surface area contributed by atoms with Crippen molar-refractivity contribution in [2.45, 2.75) is 18.9 Å². The summed E-state index contributed by atoms with van der Waals surface area (Å²) in [6, 6.07) is 0. The second-order valence-electron chi connectivity index (χ2n) is 4.11. The molecule has 0 bridgehead atoms. The maximum atomic E-state index is 11.3. The normalized spacial score (nSPS) is 22.1. The van der Waals surface area contributed by atoms with E-state index in [1.165, 1.54) is 7.11 Å². The molecule has 0 aliphatic carbocycles. The van der Waals surface area contributed by atoms with Crippen molar-refractivity contribution >= 4 is 5.97 Å². The van der Waals surface area contributed by atoms with E-state index in [9.17, 15) is 4.79 Å². The van der Waals surface area contributed by atoms with Crippen LogP contribution in [-0.4, -0.2) is 56.4 Å². The molecule has 0 aromatic carbocycles. The van der Waals surface area contributed by atoms with Crippen LogP contribution in [0.5, 0.6) is 0 Å². The van der Waals surface area contributed by atoms with Crippen molar-refractivity contribution < 1.29 is 14.3 Å². The quantitative estimate of drug-likeness (QED) is 0.648. The zero-order valence-corrected chi connectivity index (χ0v) is 9.49. The second kappa shape index (κ2) is 5.44. The summed E-state index contributed by atoms with van der Waals surface area (Å²) in [5.74, 6) is -0.351. The number of hydrogen-bond donors (Lipinski definition) is 1. The van der Waals surface area contributed by atoms with Gasteiger partial charge in [0.2, 0.25) is 0 Å². The van der Waals surface area contributed by atoms with Gasteiger partial charge in [0, 0.05) is 19.6 Å². The molecular formula is C10H20N2O3. The molecule has 1 heterocycles. The Hall–Kier alpha value is -0.650. The summed E-state index contributed by atoms with van der Waals surface area (Å²) in [7, 11) is 1.36. The van der Waals surface area contributed by atoms with Gasteiger partial charge in [-0.25, -0.2) is 0 Å². The minimum absolute atomic E-state index is 0.351. The van der Waals surface area contributed by atoms with Crippen LogP contribution in [-0.2, 0) is 14.3 Å². The summed E-state index contributed by atoms with van der Waals surface area (Å²) in [5.41, 5.74) is 4.97. The maximum absolute atomic E-state index is 11.3. The predicted octanol–water partition coefficient (Wildman–Crippen LogP) is -0.401. The molecule has 0 saturated carbocycles. The van der Waals surface area contributed by atoms with E-state index in [2.05, 4.69) is 9.64 Å². The largest absolute Gasteiger partial charge is 0.468 e. The lowest BCUT2D eigenvalue weighted by Crippen LogP contribution is -2.49. The number of carbonyl (C=O) groups excluding carboxylic acids is 1. The third-order valence-corrected chi connectivity index (χ3v) is 2.70. The zero-order valence-electron chi connectivity index (χ0n) is 9.49. The van der Waals surface area contributed by atoms with Crippen molar-refractivity contribution in [2.75, 3.05) is 40.0 Å². The van der Waals surface area contributed by atoms with Crippen LogP contribution in [0, 0.1) is 0 Å². The van der Waals surface area contributed by atoms with E-state index in [1.54, 1.807) is 6.92 Å². The van der Waals surface area contributed by atoms with Gasteiger partial charge in [-0.3, -0.25) is 9.69 Å². The minimum atomic E-state index is -0.882. The van der Waals surface area contributed by atoms with Crippen LogP contribution >= 0.6 is 0 Å². The SMILES string of the molecule is COC(=O)C(C)(N)CCN1CCOCC1. The summed E-state index contributed by atoms with van der Waals surface area (Å²) < 4.78 is 9.88. The van der Waals surface area contributed by atoms with E-state index in [0.717, 1.165) is 32.8 Å². The van der Waals surface area contributed by atoms with Crippen LogP contribution in [0.15, 0.2) is 0 Å². The summed E-state index contributed by atoms with van der Waals surface area (Å²) >= 11 is 0. The van der Waals surface area contributed by atoms with Gasteiger partial charge in [-0.1, -0.05) is 0 Å². The molecule has 15 heavy (non-hydrogen) atoms. The summed E-state index contributed by atoms with van der Waals surface area (Å²) in [6.45, 7) is 5.87. The van der Waals surface area contributed by atoms with Gasteiger partial charge in [-0.15, -0.1) is 0 Å². The first-order valence-electron chi connectivity index (χ1n) is 5.23. The van der Waals surface area contributed by atoms with Crippen molar-refractivity contribution in [3.05, 3.63) is 0 Å². The van der Waals surface area contributed by atoms with E-state index in [1.807, 2.05) is 0 Å². The molecule has 1 saturated heterocycles. The predicted molar refractivity (Wildman–Crippen MR) is 56.5 cm³/mol. The van der Waals surface area contributed by atoms with Crippen molar-refractivity contribution in [3.8, 4) is 0 Å². The Bertz CT molecular complexity index is 213. The molecule has 88 valence electrons. The molecule has 1 fully saturated rings. The van der Waals surface area contributed by atoms with Gasteiger partial charge in [0.25, 0.3) is 0 Å². The van der Waals surface area contributed by atoms with Gasteiger partial charge in [0.05, 0.1) is 20.3 Å². The molecule has 0 aromatic heterocycles. The topological polar surface area (TPSA) is 64.8 Å². The minimum Gasteiger partial charge on any atom is -0.468 e. The van der Waals surface area contributed by atoms with E-state index < -0.39 is 5.54 Å². The smallest absolute Gasteiger partial charge is 0.325 e. The number of ether oxygens (including phenoxy) is 2. The Morgan fingerprint density at radius 1 is 1.53 bits per heavy atom.